The third-order valence-electron chi connectivity index (χ3n) is 3.84. The highest BCUT2D eigenvalue weighted by Gasteiger charge is 2.51. The van der Waals surface area contributed by atoms with Crippen LogP contribution < -0.4 is 10.4 Å². The highest BCUT2D eigenvalue weighted by molar-refractivity contribution is 6.62. The van der Waals surface area contributed by atoms with Crippen LogP contribution in [0.2, 0.25) is 0 Å². The van der Waals surface area contributed by atoms with Crippen LogP contribution in [-0.2, 0) is 9.31 Å². The van der Waals surface area contributed by atoms with Gasteiger partial charge in [-0.1, -0.05) is 6.04 Å². The maximum atomic E-state index is 8.45. The summed E-state index contributed by atoms with van der Waals surface area (Å²) in [6, 6.07) is -1.72. The fraction of sp³-hybridized carbons (Fsp3) is 0.688. The van der Waals surface area contributed by atoms with Gasteiger partial charge in [-0.2, -0.15) is 0 Å². The summed E-state index contributed by atoms with van der Waals surface area (Å²) in [5.74, 6) is -1.06. The Morgan fingerprint density at radius 2 is 1.82 bits per heavy atom. The lowest BCUT2D eigenvalue weighted by atomic mass is 9.80. The molecule has 0 radical (unpaired) electrons. The first-order chi connectivity index (χ1) is 15.8. The van der Waals surface area contributed by atoms with Crippen molar-refractivity contribution in [2.45, 2.75) is 38.9 Å². The zero-order valence-electron chi connectivity index (χ0n) is 26.7. The van der Waals surface area contributed by atoms with Gasteiger partial charge < -0.3 is 19.1 Å². The minimum absolute atomic E-state index is 0.144. The van der Waals surface area contributed by atoms with E-state index in [1.54, 1.807) is 27.7 Å². The number of piperazine rings is 1. The van der Waals surface area contributed by atoms with Crippen molar-refractivity contribution >= 4 is 18.4 Å². The highest BCUT2D eigenvalue weighted by Crippen LogP contribution is 2.36. The first-order valence-electron chi connectivity index (χ1n) is 13.7. The summed E-state index contributed by atoms with van der Waals surface area (Å²) in [6.07, 6.45) is -0.768. The van der Waals surface area contributed by atoms with E-state index in [0.717, 1.165) is 0 Å². The summed E-state index contributed by atoms with van der Waals surface area (Å²) in [7, 11) is -1.32. The second kappa shape index (κ2) is 5.51. The van der Waals surface area contributed by atoms with Crippen molar-refractivity contribution in [2.75, 3.05) is 37.9 Å². The van der Waals surface area contributed by atoms with Gasteiger partial charge in [0.2, 0.25) is 0 Å². The van der Waals surface area contributed by atoms with Crippen molar-refractivity contribution in [2.24, 2.45) is 0 Å². The molecule has 0 amide bonds. The van der Waals surface area contributed by atoms with Gasteiger partial charge in [0.05, 0.1) is 20.8 Å². The molecule has 5 nitrogen and oxygen atoms in total. The quantitative estimate of drug-likeness (QED) is 0.765. The molecule has 120 valence electrons. The number of rotatable bonds is 2. The van der Waals surface area contributed by atoms with Gasteiger partial charge in [0, 0.05) is 47.2 Å². The van der Waals surface area contributed by atoms with Gasteiger partial charge in [-0.25, -0.2) is 4.98 Å². The number of pyridine rings is 1. The first kappa shape index (κ1) is 6.08. The summed E-state index contributed by atoms with van der Waals surface area (Å²) in [4.78, 5) is 3.11. The lowest BCUT2D eigenvalue weighted by Crippen LogP contribution is -2.45. The van der Waals surface area contributed by atoms with Gasteiger partial charge in [-0.15, -0.1) is 0 Å². The Balaban J connectivity index is 2.25. The number of hydrogen-bond acceptors (Lipinski definition) is 5. The topological polar surface area (TPSA) is 37.8 Å². The molecule has 3 heterocycles. The molecule has 6 heteroatoms. The van der Waals surface area contributed by atoms with Crippen LogP contribution >= 0.6 is 0 Å². The van der Waals surface area contributed by atoms with E-state index in [2.05, 4.69) is 4.98 Å². The molecule has 3 rings (SSSR count). The lowest BCUT2D eigenvalue weighted by molar-refractivity contribution is 0.00578. The van der Waals surface area contributed by atoms with E-state index < -0.39 is 80.3 Å². The molecular formula is C16H26BN3O2. The second-order valence-corrected chi connectivity index (χ2v) is 5.92. The molecule has 0 spiro atoms. The minimum atomic E-state index is -3.68. The van der Waals surface area contributed by atoms with Crippen molar-refractivity contribution in [3.8, 4) is 0 Å². The molecule has 0 aromatic carbocycles. The zero-order chi connectivity index (χ0) is 28.2. The number of likely N-dealkylation sites (N-methyl/N-ethyl adjacent to an activating group) is 1. The van der Waals surface area contributed by atoms with Crippen molar-refractivity contribution < 1.29 is 28.5 Å². The highest BCUT2D eigenvalue weighted by atomic mass is 16.7. The predicted octanol–water partition coefficient (Wildman–Crippen LogP) is 1.13. The molecule has 0 saturated carbocycles. The Kier molecular flexibility index (Phi) is 1.52. The predicted molar refractivity (Wildman–Crippen MR) is 89.7 cm³/mol. The molecule has 2 fully saturated rings. The summed E-state index contributed by atoms with van der Waals surface area (Å²) in [5, 5.41) is 0. The summed E-state index contributed by atoms with van der Waals surface area (Å²) >= 11 is 0. The Bertz CT molecular complexity index is 1030. The molecule has 0 N–H and O–H groups in total. The van der Waals surface area contributed by atoms with Crippen LogP contribution in [0.15, 0.2) is 18.3 Å². The SMILES string of the molecule is [2H]c1nc(N2C([2H])([2H])C([2H])([2H])N(C([2H])([2H])[2H])C([2H])([2H])C2([2H])[2H])c([2H])c([2H])c1B1OC(C)(C)C(C)(C)O1. The van der Waals surface area contributed by atoms with E-state index in [1.807, 2.05) is 0 Å². The minimum Gasteiger partial charge on any atom is -0.399 e. The molecule has 0 atom stereocenters. The van der Waals surface area contributed by atoms with Gasteiger partial charge in [0.1, 0.15) is 5.82 Å². The van der Waals surface area contributed by atoms with Gasteiger partial charge in [-0.05, 0) is 40.7 Å². The Labute approximate surface area is 153 Å². The van der Waals surface area contributed by atoms with E-state index in [0.29, 0.717) is 0 Å². The van der Waals surface area contributed by atoms with E-state index in [9.17, 15) is 0 Å². The lowest BCUT2D eigenvalue weighted by Gasteiger charge is -2.33. The largest absolute Gasteiger partial charge is 0.496 e. The third-order valence-corrected chi connectivity index (χ3v) is 3.84. The monoisotopic (exact) mass is 317 g/mol. The van der Waals surface area contributed by atoms with Crippen LogP contribution in [0.4, 0.5) is 5.82 Å². The number of nitrogens with zero attached hydrogens (tertiary/aromatic N) is 3. The molecule has 2 saturated heterocycles. The molecule has 0 unspecified atom stereocenters. The van der Waals surface area contributed by atoms with Crippen molar-refractivity contribution in [3.05, 3.63) is 18.3 Å². The van der Waals surface area contributed by atoms with Gasteiger partial charge in [0.15, 0.2) is 0 Å². The number of anilines is 1. The van der Waals surface area contributed by atoms with Gasteiger partial charge in [-0.3, -0.25) is 0 Å². The summed E-state index contributed by atoms with van der Waals surface area (Å²) in [5.41, 5.74) is -2.08. The zero-order valence-corrected chi connectivity index (χ0v) is 12.7. The molecule has 0 aliphatic carbocycles. The van der Waals surface area contributed by atoms with Gasteiger partial charge >= 0.3 is 7.12 Å². The van der Waals surface area contributed by atoms with E-state index in [1.165, 1.54) is 0 Å². The average molecular weight is 317 g/mol. The van der Waals surface area contributed by atoms with Crippen LogP contribution in [0.3, 0.4) is 0 Å². The second-order valence-electron chi connectivity index (χ2n) is 5.92. The maximum Gasteiger partial charge on any atom is 0.496 e. The Morgan fingerprint density at radius 1 is 1.18 bits per heavy atom. The van der Waals surface area contributed by atoms with E-state index in [4.69, 9.17) is 28.5 Å². The standard InChI is InChI=1S/C16H26BN3O2/c1-15(2)16(3,4)22-17(21-15)13-6-7-14(18-12-13)20-10-8-19(5)9-11-20/h6-7,12H,8-11H2,1-5H3/i5D3,6D,7D,8D2,9D2,10D2,11D2,12D. The molecule has 1 aromatic rings. The van der Waals surface area contributed by atoms with Crippen LogP contribution in [0.5, 0.6) is 0 Å². The molecule has 2 aliphatic rings. The average Bonchev–Trinajstić information content (AvgIpc) is 2.83. The fourth-order valence-electron chi connectivity index (χ4n) is 1.83. The van der Waals surface area contributed by atoms with Crippen molar-refractivity contribution in [1.29, 1.82) is 0 Å². The molecule has 1 aromatic heterocycles. The smallest absolute Gasteiger partial charge is 0.399 e. The normalized spacial score (nSPS) is 43.8. The molecule has 2 aliphatic heterocycles. The van der Waals surface area contributed by atoms with E-state index >= 15 is 0 Å². The van der Waals surface area contributed by atoms with Crippen LogP contribution in [0.25, 0.3) is 0 Å². The fourth-order valence-corrected chi connectivity index (χ4v) is 1.83. The third kappa shape index (κ3) is 2.87. The molecular weight excluding hydrogens is 277 g/mol. The van der Waals surface area contributed by atoms with Crippen LogP contribution in [0.1, 0.15) is 46.9 Å². The van der Waals surface area contributed by atoms with Gasteiger partial charge in [0.25, 0.3) is 0 Å². The summed E-state index contributed by atoms with van der Waals surface area (Å²) in [6.45, 7) is -11.4. The van der Waals surface area contributed by atoms with Crippen molar-refractivity contribution in [1.82, 2.24) is 9.88 Å². The molecule has 0 bridgehead atoms. The Hall–Kier alpha value is -1.11. The number of aromatic nitrogens is 1. The summed E-state index contributed by atoms with van der Waals surface area (Å²) < 4.78 is 126. The first-order valence-corrected chi connectivity index (χ1v) is 6.71. The van der Waals surface area contributed by atoms with E-state index in [-0.39, 0.29) is 10.4 Å². The van der Waals surface area contributed by atoms with Crippen LogP contribution in [-0.4, -0.2) is 61.2 Å². The Morgan fingerprint density at radius 3 is 2.41 bits per heavy atom. The van der Waals surface area contributed by atoms with Crippen molar-refractivity contribution in [3.63, 3.8) is 0 Å². The van der Waals surface area contributed by atoms with Crippen LogP contribution in [0, 0.1) is 0 Å². The number of hydrogen-bond donors (Lipinski definition) is 0. The molecule has 22 heavy (non-hydrogen) atoms. The maximum absolute atomic E-state index is 8.45.